The Labute approximate surface area is 206 Å². The van der Waals surface area contributed by atoms with Crippen LogP contribution in [0.1, 0.15) is 30.0 Å². The molecule has 3 aromatic rings. The summed E-state index contributed by atoms with van der Waals surface area (Å²) < 4.78 is 21.5. The number of nitrogens with one attached hydrogen (secondary N) is 2. The van der Waals surface area contributed by atoms with Gasteiger partial charge < -0.3 is 25.0 Å². The number of piperidine rings is 1. The summed E-state index contributed by atoms with van der Waals surface area (Å²) in [5.41, 5.74) is 3.29. The molecule has 0 bridgehead atoms. The van der Waals surface area contributed by atoms with E-state index in [2.05, 4.69) is 20.5 Å². The number of benzene rings is 1. The zero-order chi connectivity index (χ0) is 24.8. The number of aliphatic hydroxyl groups is 1. The van der Waals surface area contributed by atoms with Crippen molar-refractivity contribution in [2.45, 2.75) is 44.0 Å². The monoisotopic (exact) mass is 493 g/mol. The molecule has 1 unspecified atom stereocenters. The van der Waals surface area contributed by atoms with Gasteiger partial charge in [-0.15, -0.1) is 0 Å². The van der Waals surface area contributed by atoms with Crippen molar-refractivity contribution in [3.8, 4) is 5.75 Å². The van der Waals surface area contributed by atoms with Crippen molar-refractivity contribution in [1.29, 1.82) is 0 Å². The Kier molecular flexibility index (Phi) is 5.94. The van der Waals surface area contributed by atoms with Gasteiger partial charge in [0.1, 0.15) is 11.6 Å². The van der Waals surface area contributed by atoms with E-state index in [-0.39, 0.29) is 36.0 Å². The van der Waals surface area contributed by atoms with Crippen LogP contribution in [0, 0.1) is 5.82 Å². The number of amides is 1. The van der Waals surface area contributed by atoms with Crippen LogP contribution in [-0.2, 0) is 17.8 Å². The fraction of sp³-hybridized carbons (Fsp3) is 0.423. The van der Waals surface area contributed by atoms with Gasteiger partial charge in [-0.3, -0.25) is 19.5 Å². The highest BCUT2D eigenvalue weighted by Gasteiger charge is 2.31. The van der Waals surface area contributed by atoms with Crippen molar-refractivity contribution < 1.29 is 19.0 Å². The molecule has 9 nitrogen and oxygen atoms in total. The summed E-state index contributed by atoms with van der Waals surface area (Å²) in [6.45, 7) is 2.46. The fourth-order valence-corrected chi connectivity index (χ4v) is 5.67. The molecule has 0 spiro atoms. The van der Waals surface area contributed by atoms with Gasteiger partial charge in [-0.1, -0.05) is 6.07 Å². The second-order valence-electron chi connectivity index (χ2n) is 9.82. The van der Waals surface area contributed by atoms with Crippen molar-refractivity contribution in [1.82, 2.24) is 19.8 Å². The third kappa shape index (κ3) is 4.25. The fourth-order valence-electron chi connectivity index (χ4n) is 5.67. The van der Waals surface area contributed by atoms with Crippen molar-refractivity contribution in [2.75, 3.05) is 31.6 Å². The summed E-state index contributed by atoms with van der Waals surface area (Å²) in [5, 5.41) is 17.1. The Morgan fingerprint density at radius 3 is 2.97 bits per heavy atom. The summed E-state index contributed by atoms with van der Waals surface area (Å²) in [7, 11) is 0. The largest absolute Gasteiger partial charge is 0.482 e. The summed E-state index contributed by atoms with van der Waals surface area (Å²) in [6, 6.07) is 8.67. The van der Waals surface area contributed by atoms with Gasteiger partial charge in [0.15, 0.2) is 6.61 Å². The number of ether oxygens (including phenoxy) is 1. The second-order valence-corrected chi connectivity index (χ2v) is 9.82. The number of fused-ring (bicyclic) bond motifs is 1. The minimum atomic E-state index is -0.568. The van der Waals surface area contributed by atoms with E-state index in [4.69, 9.17) is 4.74 Å². The minimum absolute atomic E-state index is 0.0281. The Morgan fingerprint density at radius 2 is 2.11 bits per heavy atom. The molecule has 0 aliphatic carbocycles. The van der Waals surface area contributed by atoms with E-state index < -0.39 is 6.10 Å². The van der Waals surface area contributed by atoms with Crippen molar-refractivity contribution >= 4 is 22.6 Å². The lowest BCUT2D eigenvalue weighted by Crippen LogP contribution is -2.53. The van der Waals surface area contributed by atoms with Crippen LogP contribution < -0.4 is 20.9 Å². The molecular formula is C26H28FN5O4. The highest BCUT2D eigenvalue weighted by Crippen LogP contribution is 2.31. The molecule has 188 valence electrons. The van der Waals surface area contributed by atoms with Crippen molar-refractivity contribution in [3.63, 3.8) is 0 Å². The van der Waals surface area contributed by atoms with E-state index >= 15 is 0 Å². The number of halogens is 1. The zero-order valence-electron chi connectivity index (χ0n) is 19.7. The molecule has 1 amide bonds. The Bertz CT molecular complexity index is 1390. The van der Waals surface area contributed by atoms with Gasteiger partial charge in [0.25, 0.3) is 11.5 Å². The number of pyridine rings is 2. The number of aliphatic hydroxyl groups excluding tert-OH is 1. The molecule has 2 aromatic heterocycles. The molecule has 1 fully saturated rings. The Morgan fingerprint density at radius 1 is 1.22 bits per heavy atom. The van der Waals surface area contributed by atoms with Gasteiger partial charge in [0.2, 0.25) is 0 Å². The van der Waals surface area contributed by atoms with Crippen LogP contribution in [0.4, 0.5) is 10.1 Å². The number of aromatic nitrogens is 2. The van der Waals surface area contributed by atoms with Gasteiger partial charge in [0, 0.05) is 37.3 Å². The third-order valence-electron chi connectivity index (χ3n) is 7.47. The summed E-state index contributed by atoms with van der Waals surface area (Å²) >= 11 is 0. The molecular weight excluding hydrogens is 465 g/mol. The first-order valence-corrected chi connectivity index (χ1v) is 12.3. The van der Waals surface area contributed by atoms with E-state index in [0.29, 0.717) is 60.5 Å². The average Bonchev–Trinajstić information content (AvgIpc) is 2.87. The Balaban J connectivity index is 1.10. The first-order chi connectivity index (χ1) is 17.5. The van der Waals surface area contributed by atoms with Crippen LogP contribution in [0.3, 0.4) is 0 Å². The van der Waals surface area contributed by atoms with Crippen molar-refractivity contribution in [2.24, 2.45) is 0 Å². The first kappa shape index (κ1) is 23.1. The van der Waals surface area contributed by atoms with Crippen LogP contribution in [0.5, 0.6) is 5.75 Å². The highest BCUT2D eigenvalue weighted by atomic mass is 19.1. The van der Waals surface area contributed by atoms with Crippen LogP contribution in [-0.4, -0.2) is 63.9 Å². The lowest BCUT2D eigenvalue weighted by Gasteiger charge is -2.39. The first-order valence-electron chi connectivity index (χ1n) is 12.3. The van der Waals surface area contributed by atoms with Gasteiger partial charge in [-0.25, -0.2) is 4.39 Å². The molecule has 1 aromatic carbocycles. The lowest BCUT2D eigenvalue weighted by molar-refractivity contribution is -0.118. The smallest absolute Gasteiger partial charge is 0.262 e. The predicted octanol–water partition coefficient (Wildman–Crippen LogP) is 1.58. The second kappa shape index (κ2) is 9.27. The predicted molar refractivity (Wildman–Crippen MR) is 132 cm³/mol. The van der Waals surface area contributed by atoms with Crippen molar-refractivity contribution in [3.05, 3.63) is 63.8 Å². The molecule has 5 heterocycles. The average molecular weight is 494 g/mol. The molecule has 36 heavy (non-hydrogen) atoms. The zero-order valence-corrected chi connectivity index (χ0v) is 19.7. The van der Waals surface area contributed by atoms with Crippen LogP contribution in [0.25, 0.3) is 11.0 Å². The maximum atomic E-state index is 14.4. The molecule has 0 radical (unpaired) electrons. The van der Waals surface area contributed by atoms with Crippen LogP contribution in [0.2, 0.25) is 0 Å². The van der Waals surface area contributed by atoms with E-state index in [9.17, 15) is 19.1 Å². The maximum Gasteiger partial charge on any atom is 0.262 e. The number of rotatable bonds is 5. The van der Waals surface area contributed by atoms with Crippen LogP contribution in [0.15, 0.2) is 41.3 Å². The molecule has 6 rings (SSSR count). The third-order valence-corrected chi connectivity index (χ3v) is 7.47. The maximum absolute atomic E-state index is 14.4. The number of aryl methyl sites for hydroxylation is 1. The molecule has 3 aliphatic heterocycles. The quantitative estimate of drug-likeness (QED) is 0.495. The highest BCUT2D eigenvalue weighted by molar-refractivity contribution is 5.95. The van der Waals surface area contributed by atoms with E-state index in [1.165, 1.54) is 12.3 Å². The number of carbonyl (C=O) groups is 1. The van der Waals surface area contributed by atoms with Gasteiger partial charge >= 0.3 is 0 Å². The van der Waals surface area contributed by atoms with Gasteiger partial charge in [-0.05, 0) is 49.6 Å². The van der Waals surface area contributed by atoms with E-state index in [1.54, 1.807) is 10.6 Å². The molecule has 3 atom stereocenters. The summed E-state index contributed by atoms with van der Waals surface area (Å²) in [6.07, 6.45) is 2.65. The van der Waals surface area contributed by atoms with E-state index in [1.807, 2.05) is 18.2 Å². The topological polar surface area (TPSA) is 109 Å². The number of β-amino-alcohol motifs (C(OH)–C–C–N with tert-alkyl or cyclic N) is 1. The minimum Gasteiger partial charge on any atom is -0.482 e. The summed E-state index contributed by atoms with van der Waals surface area (Å²) in [4.78, 5) is 30.7. The number of anilines is 1. The lowest BCUT2D eigenvalue weighted by atomic mass is 9.96. The molecule has 1 saturated heterocycles. The Hall–Kier alpha value is -3.34. The molecule has 10 heteroatoms. The number of carbonyl (C=O) groups excluding carboxylic acids is 1. The molecule has 0 saturated carbocycles. The molecule has 3 N–H and O–H groups in total. The van der Waals surface area contributed by atoms with Gasteiger partial charge in [0.05, 0.1) is 35.1 Å². The summed E-state index contributed by atoms with van der Waals surface area (Å²) in [5.74, 6) is 0.124. The number of hydrogen-bond donors (Lipinski definition) is 3. The van der Waals surface area contributed by atoms with Gasteiger partial charge in [-0.2, -0.15) is 0 Å². The van der Waals surface area contributed by atoms with Crippen LogP contribution >= 0.6 is 0 Å². The van der Waals surface area contributed by atoms with E-state index in [0.717, 1.165) is 18.5 Å². The number of hydrogen-bond acceptors (Lipinski definition) is 7. The molecule has 3 aliphatic rings. The normalized spacial score (nSPS) is 23.7. The number of likely N-dealkylation sites (tertiary alicyclic amines) is 1. The number of nitrogens with zero attached hydrogens (tertiary/aromatic N) is 3. The standard InChI is InChI=1S/C26H28FN5O4/c27-18-11-29-20-4-6-25(35)32-16(2-3-17(18)26(20)32)12-31-8-7-19(22(33)13-31)28-10-15-1-5-23-21(9-15)30-24(34)14-36-23/h1,4-6,9,11,16,19,22,28,33H,2-3,7-8,10,12-14H2,(H,30,34)/t16?,19-,22+/m0/s1. The SMILES string of the molecule is O=C1COc2ccc(CN[C@H]3CCN(CC4CCc5c(F)cnc6ccc(=O)n4c56)C[C@H]3O)cc2N1.